The number of rotatable bonds is 8. The van der Waals surface area contributed by atoms with Gasteiger partial charge in [0, 0.05) is 18.2 Å². The maximum Gasteiger partial charge on any atom is 0.127 e. The van der Waals surface area contributed by atoms with E-state index in [2.05, 4.69) is 18.0 Å². The van der Waals surface area contributed by atoms with Gasteiger partial charge in [-0.2, -0.15) is 0 Å². The van der Waals surface area contributed by atoms with E-state index < -0.39 is 0 Å². The van der Waals surface area contributed by atoms with E-state index in [1.165, 1.54) is 5.56 Å². The summed E-state index contributed by atoms with van der Waals surface area (Å²) in [5.74, 6) is 1.70. The van der Waals surface area contributed by atoms with Gasteiger partial charge < -0.3 is 20.1 Å². The third kappa shape index (κ3) is 4.55. The van der Waals surface area contributed by atoms with Crippen molar-refractivity contribution < 1.29 is 9.47 Å². The zero-order valence-electron chi connectivity index (χ0n) is 11.6. The molecule has 102 valence electrons. The van der Waals surface area contributed by atoms with E-state index in [1.54, 1.807) is 14.2 Å². The quantitative estimate of drug-likeness (QED) is 0.718. The van der Waals surface area contributed by atoms with E-state index in [-0.39, 0.29) is 0 Å². The third-order valence-corrected chi connectivity index (χ3v) is 2.93. The Balaban J connectivity index is 2.60. The normalized spacial score (nSPS) is 10.7. The molecule has 4 heteroatoms. The molecule has 1 rings (SSSR count). The van der Waals surface area contributed by atoms with Gasteiger partial charge in [0.15, 0.2) is 0 Å². The maximum absolute atomic E-state index is 5.49. The molecule has 0 amide bonds. The molecule has 0 saturated carbocycles. The average Bonchev–Trinajstić information content (AvgIpc) is 2.39. The topological polar surface area (TPSA) is 47.7 Å². The lowest BCUT2D eigenvalue weighted by Crippen LogP contribution is -2.20. The van der Waals surface area contributed by atoms with Crippen LogP contribution in [0.1, 0.15) is 18.4 Å². The summed E-state index contributed by atoms with van der Waals surface area (Å²) in [7, 11) is 5.46. The molecule has 1 aromatic carbocycles. The summed E-state index contributed by atoms with van der Waals surface area (Å²) in [6, 6.07) is 5.94. The highest BCUT2D eigenvalue weighted by Gasteiger charge is 2.07. The molecule has 0 aliphatic rings. The Hall–Kier alpha value is -1.26. The number of nitrogens with two attached hydrogens (primary N) is 1. The van der Waals surface area contributed by atoms with Crippen LogP contribution >= 0.6 is 0 Å². The molecule has 0 aliphatic heterocycles. The van der Waals surface area contributed by atoms with Gasteiger partial charge in [0.2, 0.25) is 0 Å². The lowest BCUT2D eigenvalue weighted by molar-refractivity contribution is 0.310. The van der Waals surface area contributed by atoms with Crippen molar-refractivity contribution in [3.05, 3.63) is 23.8 Å². The number of methoxy groups -OCH3 is 2. The van der Waals surface area contributed by atoms with Crippen LogP contribution in [0.5, 0.6) is 11.5 Å². The van der Waals surface area contributed by atoms with Crippen LogP contribution in [0.4, 0.5) is 0 Å². The molecular formula is C14H24N2O2. The summed E-state index contributed by atoms with van der Waals surface area (Å²) in [4.78, 5) is 2.28. The van der Waals surface area contributed by atoms with Gasteiger partial charge in [-0.05, 0) is 39.0 Å². The molecule has 18 heavy (non-hydrogen) atoms. The monoisotopic (exact) mass is 252 g/mol. The zero-order chi connectivity index (χ0) is 13.4. The van der Waals surface area contributed by atoms with Gasteiger partial charge in [-0.25, -0.2) is 0 Å². The molecule has 0 bridgehead atoms. The molecule has 4 nitrogen and oxygen atoms in total. The highest BCUT2D eigenvalue weighted by molar-refractivity contribution is 5.40. The van der Waals surface area contributed by atoms with Crippen LogP contribution in [-0.2, 0) is 6.54 Å². The molecular weight excluding hydrogens is 228 g/mol. The summed E-state index contributed by atoms with van der Waals surface area (Å²) < 4.78 is 10.6. The largest absolute Gasteiger partial charge is 0.497 e. The van der Waals surface area contributed by atoms with Crippen LogP contribution < -0.4 is 15.2 Å². The van der Waals surface area contributed by atoms with Crippen molar-refractivity contribution in [1.82, 2.24) is 4.90 Å². The molecule has 0 atom stereocenters. The Labute approximate surface area is 110 Å². The Morgan fingerprint density at radius 3 is 2.56 bits per heavy atom. The van der Waals surface area contributed by atoms with Gasteiger partial charge in [0.25, 0.3) is 0 Å². The summed E-state index contributed by atoms with van der Waals surface area (Å²) in [5.41, 5.74) is 6.67. The lowest BCUT2D eigenvalue weighted by atomic mass is 10.1. The number of ether oxygens (including phenoxy) is 2. The summed E-state index contributed by atoms with van der Waals surface area (Å²) in [6.07, 6.45) is 2.20. The van der Waals surface area contributed by atoms with Crippen LogP contribution in [0.25, 0.3) is 0 Å². The predicted octanol–water partition coefficient (Wildman–Crippen LogP) is 1.87. The number of unbranched alkanes of at least 4 members (excludes halogenated alkanes) is 1. The smallest absolute Gasteiger partial charge is 0.127 e. The van der Waals surface area contributed by atoms with E-state index in [0.717, 1.165) is 44.0 Å². The van der Waals surface area contributed by atoms with Crippen LogP contribution in [0.3, 0.4) is 0 Å². The first-order chi connectivity index (χ1) is 8.71. The molecule has 0 fully saturated rings. The Bertz CT molecular complexity index is 356. The van der Waals surface area contributed by atoms with Gasteiger partial charge >= 0.3 is 0 Å². The van der Waals surface area contributed by atoms with Crippen LogP contribution in [0, 0.1) is 0 Å². The van der Waals surface area contributed by atoms with Gasteiger partial charge in [0.05, 0.1) is 14.2 Å². The van der Waals surface area contributed by atoms with E-state index in [1.807, 2.05) is 12.1 Å². The van der Waals surface area contributed by atoms with Crippen molar-refractivity contribution >= 4 is 0 Å². The number of nitrogens with zero attached hydrogens (tertiary/aromatic N) is 1. The summed E-state index contributed by atoms with van der Waals surface area (Å²) in [6.45, 7) is 2.68. The molecule has 0 unspecified atom stereocenters. The average molecular weight is 252 g/mol. The van der Waals surface area contributed by atoms with E-state index >= 15 is 0 Å². The Morgan fingerprint density at radius 1 is 1.17 bits per heavy atom. The van der Waals surface area contributed by atoms with Crippen LogP contribution in [-0.4, -0.2) is 39.3 Å². The van der Waals surface area contributed by atoms with E-state index in [9.17, 15) is 0 Å². The SMILES string of the molecule is COc1ccc(CN(C)CCCCN)c(OC)c1. The minimum absolute atomic E-state index is 0.764. The van der Waals surface area contributed by atoms with Crippen molar-refractivity contribution in [3.63, 3.8) is 0 Å². The minimum Gasteiger partial charge on any atom is -0.497 e. The van der Waals surface area contributed by atoms with E-state index in [0.29, 0.717) is 0 Å². The highest BCUT2D eigenvalue weighted by Crippen LogP contribution is 2.25. The number of hydrogen-bond acceptors (Lipinski definition) is 4. The molecule has 0 aromatic heterocycles. The second-order valence-electron chi connectivity index (χ2n) is 4.41. The van der Waals surface area contributed by atoms with Gasteiger partial charge in [-0.3, -0.25) is 0 Å². The minimum atomic E-state index is 0.764. The first kappa shape index (κ1) is 14.8. The fourth-order valence-electron chi connectivity index (χ4n) is 1.88. The highest BCUT2D eigenvalue weighted by atomic mass is 16.5. The number of hydrogen-bond donors (Lipinski definition) is 1. The second-order valence-corrected chi connectivity index (χ2v) is 4.41. The summed E-state index contributed by atoms with van der Waals surface area (Å²) in [5, 5.41) is 0. The van der Waals surface area contributed by atoms with Gasteiger partial charge in [-0.15, -0.1) is 0 Å². The van der Waals surface area contributed by atoms with Crippen molar-refractivity contribution in [2.45, 2.75) is 19.4 Å². The molecule has 0 radical (unpaired) electrons. The first-order valence-corrected chi connectivity index (χ1v) is 6.30. The zero-order valence-corrected chi connectivity index (χ0v) is 11.6. The predicted molar refractivity (Wildman–Crippen MR) is 74.2 cm³/mol. The first-order valence-electron chi connectivity index (χ1n) is 6.30. The molecule has 0 aliphatic carbocycles. The van der Waals surface area contributed by atoms with Crippen molar-refractivity contribution in [2.75, 3.05) is 34.4 Å². The standard InChI is InChI=1S/C14H24N2O2/c1-16(9-5-4-8-15)11-12-6-7-13(17-2)10-14(12)18-3/h6-7,10H,4-5,8-9,11,15H2,1-3H3. The van der Waals surface area contributed by atoms with Crippen molar-refractivity contribution in [1.29, 1.82) is 0 Å². The van der Waals surface area contributed by atoms with Crippen molar-refractivity contribution in [3.8, 4) is 11.5 Å². The van der Waals surface area contributed by atoms with Crippen LogP contribution in [0.2, 0.25) is 0 Å². The van der Waals surface area contributed by atoms with Gasteiger partial charge in [0.1, 0.15) is 11.5 Å². The fraction of sp³-hybridized carbons (Fsp3) is 0.571. The molecule has 0 spiro atoms. The molecule has 1 aromatic rings. The summed E-state index contributed by atoms with van der Waals surface area (Å²) >= 11 is 0. The van der Waals surface area contributed by atoms with Crippen molar-refractivity contribution in [2.24, 2.45) is 5.73 Å². The van der Waals surface area contributed by atoms with Gasteiger partial charge in [-0.1, -0.05) is 6.07 Å². The molecule has 0 heterocycles. The maximum atomic E-state index is 5.49. The number of benzene rings is 1. The molecule has 0 saturated heterocycles. The molecule has 2 N–H and O–H groups in total. The fourth-order valence-corrected chi connectivity index (χ4v) is 1.88. The Morgan fingerprint density at radius 2 is 1.94 bits per heavy atom. The lowest BCUT2D eigenvalue weighted by Gasteiger charge is -2.18. The third-order valence-electron chi connectivity index (χ3n) is 2.93. The second kappa shape index (κ2) is 7.95. The Kier molecular flexibility index (Phi) is 6.54. The van der Waals surface area contributed by atoms with E-state index in [4.69, 9.17) is 15.2 Å². The van der Waals surface area contributed by atoms with Crippen LogP contribution in [0.15, 0.2) is 18.2 Å².